The molecule has 2 rings (SSSR count). The van der Waals surface area contributed by atoms with Crippen LogP contribution in [0.5, 0.6) is 0 Å². The molecule has 4 nitrogen and oxygen atoms in total. The Morgan fingerprint density at radius 1 is 1.33 bits per heavy atom. The van der Waals surface area contributed by atoms with Gasteiger partial charge in [0.15, 0.2) is 10.4 Å². The van der Waals surface area contributed by atoms with Gasteiger partial charge in [-0.2, -0.15) is 5.10 Å². The van der Waals surface area contributed by atoms with Crippen LogP contribution < -0.4 is 5.43 Å². The van der Waals surface area contributed by atoms with Gasteiger partial charge in [0.1, 0.15) is 0 Å². The molecule has 1 aromatic heterocycles. The largest absolute Gasteiger partial charge is 0.444 e. The summed E-state index contributed by atoms with van der Waals surface area (Å²) in [6.45, 7) is 0. The van der Waals surface area contributed by atoms with E-state index in [0.717, 1.165) is 9.13 Å². The Kier molecular flexibility index (Phi) is 4.54. The molecule has 0 aliphatic rings. The highest BCUT2D eigenvalue weighted by atomic mass is 127. The fourth-order valence-electron chi connectivity index (χ4n) is 1.23. The monoisotopic (exact) mass is 418 g/mol. The highest BCUT2D eigenvalue weighted by Gasteiger charge is 2.08. The maximum absolute atomic E-state index is 11.6. The molecule has 0 fully saturated rings. The molecule has 1 heterocycles. The summed E-state index contributed by atoms with van der Waals surface area (Å²) in [6.07, 6.45) is 1.59. The lowest BCUT2D eigenvalue weighted by molar-refractivity contribution is 0.0926. The minimum absolute atomic E-state index is 0.210. The van der Waals surface area contributed by atoms with Crippen molar-refractivity contribution in [2.45, 2.75) is 0 Å². The van der Waals surface area contributed by atoms with Crippen molar-refractivity contribution in [1.82, 2.24) is 5.43 Å². The van der Waals surface area contributed by atoms with Crippen LogP contribution in [0, 0.1) is 3.57 Å². The number of hydrazone groups is 1. The summed E-state index contributed by atoms with van der Waals surface area (Å²) in [4.78, 5) is 11.6. The molecule has 0 unspecified atom stereocenters. The Bertz CT molecular complexity index is 595. The number of amides is 1. The van der Waals surface area contributed by atoms with Crippen LogP contribution in [0.1, 0.15) is 16.1 Å². The molecule has 0 radical (unpaired) electrons. The highest BCUT2D eigenvalue weighted by molar-refractivity contribution is 14.1. The predicted octanol–water partition coefficient (Wildman–Crippen LogP) is 3.41. The first-order valence-electron chi connectivity index (χ1n) is 5.00. The number of halogens is 2. The zero-order valence-electron chi connectivity index (χ0n) is 9.06. The number of nitrogens with one attached hydrogen (secondary N) is 1. The summed E-state index contributed by atoms with van der Waals surface area (Å²) >= 11 is 5.33. The fraction of sp³-hybridized carbons (Fsp3) is 0. The molecule has 18 heavy (non-hydrogen) atoms. The van der Waals surface area contributed by atoms with E-state index in [0.29, 0.717) is 4.67 Å². The summed E-state index contributed by atoms with van der Waals surface area (Å²) in [5.74, 6) is -0.176. The Labute approximate surface area is 126 Å². The molecule has 0 aliphatic heterocycles. The van der Waals surface area contributed by atoms with Crippen LogP contribution in [-0.4, -0.2) is 12.1 Å². The number of rotatable bonds is 3. The Balaban J connectivity index is 2.00. The summed E-state index contributed by atoms with van der Waals surface area (Å²) in [5.41, 5.74) is 3.34. The Morgan fingerprint density at radius 3 is 2.78 bits per heavy atom. The van der Waals surface area contributed by atoms with Gasteiger partial charge in [0.25, 0.3) is 0 Å². The number of carbonyl (C=O) groups is 1. The number of furan rings is 1. The van der Waals surface area contributed by atoms with Gasteiger partial charge >= 0.3 is 5.91 Å². The SMILES string of the molecule is O=C(N/N=C/c1ccccc1I)c1ccc(Br)o1. The fourth-order valence-corrected chi connectivity index (χ4v) is 2.06. The molecule has 2 aromatic rings. The van der Waals surface area contributed by atoms with Crippen molar-refractivity contribution in [3.63, 3.8) is 0 Å². The van der Waals surface area contributed by atoms with Crippen molar-refractivity contribution in [3.8, 4) is 0 Å². The van der Waals surface area contributed by atoms with E-state index in [4.69, 9.17) is 4.42 Å². The van der Waals surface area contributed by atoms with E-state index in [9.17, 15) is 4.79 Å². The van der Waals surface area contributed by atoms with Crippen LogP contribution in [0.4, 0.5) is 0 Å². The third kappa shape index (κ3) is 3.42. The highest BCUT2D eigenvalue weighted by Crippen LogP contribution is 2.13. The minimum atomic E-state index is -0.386. The third-order valence-electron chi connectivity index (χ3n) is 2.07. The summed E-state index contributed by atoms with van der Waals surface area (Å²) in [7, 11) is 0. The van der Waals surface area contributed by atoms with Crippen LogP contribution >= 0.6 is 38.5 Å². The molecular weight excluding hydrogens is 411 g/mol. The van der Waals surface area contributed by atoms with Crippen molar-refractivity contribution >= 4 is 50.6 Å². The van der Waals surface area contributed by atoms with Gasteiger partial charge in [-0.25, -0.2) is 5.43 Å². The average molecular weight is 419 g/mol. The molecule has 0 saturated heterocycles. The van der Waals surface area contributed by atoms with Crippen LogP contribution in [-0.2, 0) is 0 Å². The van der Waals surface area contributed by atoms with Gasteiger partial charge in [0, 0.05) is 9.13 Å². The maximum atomic E-state index is 11.6. The van der Waals surface area contributed by atoms with E-state index in [-0.39, 0.29) is 11.7 Å². The lowest BCUT2D eigenvalue weighted by Gasteiger charge is -1.97. The normalized spacial score (nSPS) is 10.8. The lowest BCUT2D eigenvalue weighted by atomic mass is 10.2. The lowest BCUT2D eigenvalue weighted by Crippen LogP contribution is -2.16. The van der Waals surface area contributed by atoms with Crippen LogP contribution in [0.25, 0.3) is 0 Å². The number of carbonyl (C=O) groups excluding carboxylic acids is 1. The van der Waals surface area contributed by atoms with Crippen molar-refractivity contribution in [1.29, 1.82) is 0 Å². The second kappa shape index (κ2) is 6.14. The molecule has 0 aliphatic carbocycles. The number of nitrogens with zero attached hydrogens (tertiary/aromatic N) is 1. The van der Waals surface area contributed by atoms with Crippen molar-refractivity contribution in [2.75, 3.05) is 0 Å². The van der Waals surface area contributed by atoms with Gasteiger partial charge in [0.2, 0.25) is 0 Å². The van der Waals surface area contributed by atoms with Gasteiger partial charge in [-0.1, -0.05) is 18.2 Å². The van der Waals surface area contributed by atoms with Gasteiger partial charge in [-0.05, 0) is 56.7 Å². The summed E-state index contributed by atoms with van der Waals surface area (Å²) in [5, 5.41) is 3.88. The second-order valence-corrected chi connectivity index (χ2v) is 5.27. The number of hydrogen-bond donors (Lipinski definition) is 1. The first kappa shape index (κ1) is 13.3. The van der Waals surface area contributed by atoms with E-state index in [1.54, 1.807) is 18.3 Å². The first-order chi connectivity index (χ1) is 8.66. The molecule has 92 valence electrons. The average Bonchev–Trinajstić information content (AvgIpc) is 2.78. The molecular formula is C12H8BrIN2O2. The molecule has 1 amide bonds. The first-order valence-corrected chi connectivity index (χ1v) is 6.87. The molecule has 6 heteroatoms. The van der Waals surface area contributed by atoms with Crippen LogP contribution in [0.3, 0.4) is 0 Å². The van der Waals surface area contributed by atoms with Gasteiger partial charge in [-0.15, -0.1) is 0 Å². The van der Waals surface area contributed by atoms with Crippen molar-refractivity contribution in [3.05, 3.63) is 56.0 Å². The van der Waals surface area contributed by atoms with Crippen molar-refractivity contribution in [2.24, 2.45) is 5.10 Å². The standard InChI is InChI=1S/C12H8BrIN2O2/c13-11-6-5-10(18-11)12(17)16-15-7-8-3-1-2-4-9(8)14/h1-7H,(H,16,17)/b15-7+. The smallest absolute Gasteiger partial charge is 0.307 e. The summed E-state index contributed by atoms with van der Waals surface area (Å²) < 4.78 is 6.67. The third-order valence-corrected chi connectivity index (χ3v) is 3.48. The van der Waals surface area contributed by atoms with E-state index < -0.39 is 0 Å². The second-order valence-electron chi connectivity index (χ2n) is 3.32. The zero-order valence-corrected chi connectivity index (χ0v) is 12.8. The molecule has 0 spiro atoms. The predicted molar refractivity (Wildman–Crippen MR) is 80.6 cm³/mol. The van der Waals surface area contributed by atoms with E-state index in [1.165, 1.54) is 0 Å². The van der Waals surface area contributed by atoms with Gasteiger partial charge < -0.3 is 4.42 Å². The van der Waals surface area contributed by atoms with Crippen molar-refractivity contribution < 1.29 is 9.21 Å². The molecule has 0 saturated carbocycles. The molecule has 1 aromatic carbocycles. The molecule has 0 atom stereocenters. The topological polar surface area (TPSA) is 54.6 Å². The van der Waals surface area contributed by atoms with Gasteiger partial charge in [-0.3, -0.25) is 4.79 Å². The quantitative estimate of drug-likeness (QED) is 0.471. The Hall–Kier alpha value is -1.15. The van der Waals surface area contributed by atoms with Crippen LogP contribution in [0.15, 0.2) is 50.6 Å². The Morgan fingerprint density at radius 2 is 2.11 bits per heavy atom. The number of benzene rings is 1. The van der Waals surface area contributed by atoms with Crippen LogP contribution in [0.2, 0.25) is 0 Å². The molecule has 1 N–H and O–H groups in total. The van der Waals surface area contributed by atoms with E-state index in [1.807, 2.05) is 24.3 Å². The maximum Gasteiger partial charge on any atom is 0.307 e. The number of hydrogen-bond acceptors (Lipinski definition) is 3. The van der Waals surface area contributed by atoms with E-state index in [2.05, 4.69) is 49.0 Å². The van der Waals surface area contributed by atoms with Gasteiger partial charge in [0.05, 0.1) is 6.21 Å². The minimum Gasteiger partial charge on any atom is -0.444 e. The zero-order chi connectivity index (χ0) is 13.0. The summed E-state index contributed by atoms with van der Waals surface area (Å²) in [6, 6.07) is 11.0. The molecule has 0 bridgehead atoms. The van der Waals surface area contributed by atoms with E-state index >= 15 is 0 Å².